The van der Waals surface area contributed by atoms with Crippen LogP contribution in [0.3, 0.4) is 0 Å². The lowest BCUT2D eigenvalue weighted by atomic mass is 9.78. The molecule has 8 rings (SSSR count). The average Bonchev–Trinajstić information content (AvgIpc) is 3.04. The molecule has 15 heteroatoms. The lowest BCUT2D eigenvalue weighted by molar-refractivity contribution is 0.0696. The first-order valence-electron chi connectivity index (χ1n) is 17.2. The molecule has 0 atom stereocenters. The Labute approximate surface area is 317 Å². The number of ether oxygens (including phenoxy) is 1. The van der Waals surface area contributed by atoms with Crippen LogP contribution in [0.2, 0.25) is 10.0 Å². The number of carbonyl (C=O) groups is 1. The van der Waals surface area contributed by atoms with Crippen LogP contribution < -0.4 is 24.8 Å². The van der Waals surface area contributed by atoms with E-state index in [1.807, 2.05) is 39.8 Å². The molecule has 3 N–H and O–H groups in total. The largest absolute Gasteiger partial charge is 0.478 e. The molecule has 0 fully saturated rings. The second kappa shape index (κ2) is 11.9. The molecule has 0 unspecified atom stereocenters. The van der Waals surface area contributed by atoms with Crippen molar-refractivity contribution in [3.05, 3.63) is 96.0 Å². The van der Waals surface area contributed by atoms with Gasteiger partial charge >= 0.3 is 5.97 Å². The number of anilines is 1. The van der Waals surface area contributed by atoms with Gasteiger partial charge in [0.05, 0.1) is 32.9 Å². The van der Waals surface area contributed by atoms with Gasteiger partial charge in [0.15, 0.2) is 5.54 Å². The molecular weight excluding hydrogens is 763 g/mol. The van der Waals surface area contributed by atoms with Crippen LogP contribution in [0.5, 0.6) is 11.5 Å². The number of rotatable bonds is 6. The Balaban J connectivity index is 1.59. The predicted octanol–water partition coefficient (Wildman–Crippen LogP) is 5.36. The molecule has 0 aromatic heterocycles. The summed E-state index contributed by atoms with van der Waals surface area (Å²) in [5, 5.41) is 11.9. The quantitative estimate of drug-likeness (QED) is 0.171. The topological polar surface area (TPSA) is 162 Å². The molecule has 5 heterocycles. The highest BCUT2D eigenvalue weighted by Crippen LogP contribution is 2.53. The van der Waals surface area contributed by atoms with Gasteiger partial charge in [-0.2, -0.15) is 16.8 Å². The summed E-state index contributed by atoms with van der Waals surface area (Å²) in [7, 11) is -8.94. The molecule has 0 aliphatic carbocycles. The van der Waals surface area contributed by atoms with Gasteiger partial charge in [-0.1, -0.05) is 29.3 Å². The standard InChI is InChI=1S/C38H36Cl2N2O9S2/c1-37(2)15-19(17-52(45,46)47)23-13-25-29(30-27(39)9-10-28(40)31(30)36(43)44)26-14-24-20(18-53(48,49)50)16-38(3,4)42-12-6-8-22(33(24)42)35(26)51-34(25)21-7-5-11-41(37)32(21)23/h9-10,13-16H,5-8,11-12,17-18H2,1-4H3,(H2-,43,44,45,46,47,48,49,50)/p+1. The van der Waals surface area contributed by atoms with E-state index in [-0.39, 0.29) is 21.2 Å². The molecule has 0 spiro atoms. The molecule has 5 aliphatic rings. The molecule has 0 bridgehead atoms. The zero-order chi connectivity index (χ0) is 38.2. The molecule has 0 saturated heterocycles. The fourth-order valence-electron chi connectivity index (χ4n) is 9.12. The van der Waals surface area contributed by atoms with Crippen molar-refractivity contribution < 1.29 is 40.6 Å². The number of carboxylic acids is 1. The number of hydrogen-bond donors (Lipinski definition) is 3. The van der Waals surface area contributed by atoms with Crippen LogP contribution in [0.15, 0.2) is 36.4 Å². The second-order valence-electron chi connectivity index (χ2n) is 15.4. The number of hydrogen-bond acceptors (Lipinski definition) is 7. The summed E-state index contributed by atoms with van der Waals surface area (Å²) in [5.41, 5.74) is 3.70. The number of nitrogens with zero attached hydrogens (tertiary/aromatic N) is 2. The molecule has 3 aromatic rings. The number of fused-ring (bicyclic) bond motifs is 4. The lowest BCUT2D eigenvalue weighted by Crippen LogP contribution is -2.53. The minimum atomic E-state index is -4.47. The van der Waals surface area contributed by atoms with Crippen LogP contribution in [0.1, 0.15) is 84.3 Å². The highest BCUT2D eigenvalue weighted by molar-refractivity contribution is 7.86. The van der Waals surface area contributed by atoms with E-state index in [0.29, 0.717) is 76.1 Å². The summed E-state index contributed by atoms with van der Waals surface area (Å²) < 4.78 is 79.2. The number of benzene rings is 3. The summed E-state index contributed by atoms with van der Waals surface area (Å²) >= 11 is 13.6. The van der Waals surface area contributed by atoms with Crippen LogP contribution >= 0.6 is 23.2 Å². The van der Waals surface area contributed by atoms with Gasteiger partial charge in [0.1, 0.15) is 29.5 Å². The molecule has 53 heavy (non-hydrogen) atoms. The van der Waals surface area contributed by atoms with Crippen molar-refractivity contribution >= 4 is 71.8 Å². The SMILES string of the molecule is CC1(C)C=C(CS(=O)(=O)O)c2cc3c(c4c2N1CCC4)Oc1c2c4c(cc1=C3c1c(Cl)ccc(Cl)c1C(=O)O)C(CS(=O)(=O)O)=CC(C)(C)[N+]=4CCC2. The predicted molar refractivity (Wildman–Crippen MR) is 204 cm³/mol. The maximum absolute atomic E-state index is 13.0. The molecule has 0 amide bonds. The summed E-state index contributed by atoms with van der Waals surface area (Å²) in [6.07, 6.45) is 6.30. The molecule has 5 aliphatic heterocycles. The number of carboxylic acid groups (broad SMARTS) is 1. The van der Waals surface area contributed by atoms with Crippen LogP contribution in [0, 0.1) is 0 Å². The Hall–Kier alpha value is -3.72. The third-order valence-electron chi connectivity index (χ3n) is 11.0. The Morgan fingerprint density at radius 1 is 0.868 bits per heavy atom. The van der Waals surface area contributed by atoms with E-state index in [9.17, 15) is 35.8 Å². The average molecular weight is 801 g/mol. The van der Waals surface area contributed by atoms with E-state index >= 15 is 0 Å². The van der Waals surface area contributed by atoms with E-state index in [1.165, 1.54) is 12.1 Å². The van der Waals surface area contributed by atoms with Crippen molar-refractivity contribution in [1.29, 1.82) is 0 Å². The minimum absolute atomic E-state index is 0.0580. The van der Waals surface area contributed by atoms with E-state index in [2.05, 4.69) is 9.48 Å². The van der Waals surface area contributed by atoms with Gasteiger partial charge in [-0.15, -0.1) is 0 Å². The first kappa shape index (κ1) is 36.3. The fraction of sp³-hybridized carbons (Fsp3) is 0.368. The number of halogens is 2. The molecule has 0 saturated carbocycles. The monoisotopic (exact) mass is 799 g/mol. The first-order valence-corrected chi connectivity index (χ1v) is 21.2. The van der Waals surface area contributed by atoms with Crippen molar-refractivity contribution in [2.24, 2.45) is 0 Å². The zero-order valence-electron chi connectivity index (χ0n) is 29.4. The van der Waals surface area contributed by atoms with Crippen LogP contribution in [0.25, 0.3) is 16.7 Å². The Morgan fingerprint density at radius 2 is 1.51 bits per heavy atom. The highest BCUT2D eigenvalue weighted by Gasteiger charge is 2.44. The Kier molecular flexibility index (Phi) is 8.13. The molecule has 11 nitrogen and oxygen atoms in total. The zero-order valence-corrected chi connectivity index (χ0v) is 32.5. The maximum Gasteiger partial charge on any atom is 0.337 e. The van der Waals surface area contributed by atoms with Crippen molar-refractivity contribution in [3.63, 3.8) is 0 Å². The van der Waals surface area contributed by atoms with E-state index in [1.54, 1.807) is 12.1 Å². The van der Waals surface area contributed by atoms with E-state index < -0.39 is 48.8 Å². The third kappa shape index (κ3) is 5.82. The van der Waals surface area contributed by atoms with Crippen molar-refractivity contribution in [2.45, 2.75) is 64.5 Å². The van der Waals surface area contributed by atoms with Gasteiger partial charge in [0.2, 0.25) is 5.36 Å². The Bertz CT molecular complexity index is 2660. The summed E-state index contributed by atoms with van der Waals surface area (Å²) in [4.78, 5) is 15.2. The van der Waals surface area contributed by atoms with Crippen molar-refractivity contribution in [1.82, 2.24) is 4.58 Å². The van der Waals surface area contributed by atoms with Gasteiger partial charge in [-0.3, -0.25) is 9.11 Å². The molecular formula is C38H37Cl2N2O9S2+. The van der Waals surface area contributed by atoms with Crippen molar-refractivity contribution in [3.8, 4) is 11.5 Å². The fourth-order valence-corrected chi connectivity index (χ4v) is 10.9. The summed E-state index contributed by atoms with van der Waals surface area (Å²) in [6.45, 7) is 9.30. The maximum atomic E-state index is 13.0. The van der Waals surface area contributed by atoms with Crippen LogP contribution in [-0.4, -0.2) is 72.7 Å². The van der Waals surface area contributed by atoms with E-state index in [4.69, 9.17) is 27.9 Å². The summed E-state index contributed by atoms with van der Waals surface area (Å²) in [5.74, 6) is -1.66. The van der Waals surface area contributed by atoms with Gasteiger partial charge in [0, 0.05) is 64.9 Å². The molecule has 0 radical (unpaired) electrons. The van der Waals surface area contributed by atoms with E-state index in [0.717, 1.165) is 35.0 Å². The number of aromatic carboxylic acids is 1. The highest BCUT2D eigenvalue weighted by atomic mass is 35.5. The van der Waals surface area contributed by atoms with Gasteiger partial charge < -0.3 is 14.7 Å². The molecule has 3 aromatic carbocycles. The van der Waals surface area contributed by atoms with Crippen LogP contribution in [-0.2, 0) is 33.1 Å². The van der Waals surface area contributed by atoms with Gasteiger partial charge in [-0.25, -0.2) is 9.37 Å². The summed E-state index contributed by atoms with van der Waals surface area (Å²) in [6, 6.07) is 6.47. The lowest BCUT2D eigenvalue weighted by Gasteiger charge is -2.47. The van der Waals surface area contributed by atoms with Gasteiger partial charge in [0.25, 0.3) is 20.2 Å². The van der Waals surface area contributed by atoms with Crippen molar-refractivity contribution in [2.75, 3.05) is 29.5 Å². The minimum Gasteiger partial charge on any atom is -0.478 e. The van der Waals surface area contributed by atoms with Crippen LogP contribution in [0.4, 0.5) is 5.69 Å². The normalized spacial score (nSPS) is 19.3. The molecule has 278 valence electrons. The first-order chi connectivity index (χ1) is 24.7. The Morgan fingerprint density at radius 3 is 2.17 bits per heavy atom. The van der Waals surface area contributed by atoms with Gasteiger partial charge in [-0.05, 0) is 74.6 Å². The smallest absolute Gasteiger partial charge is 0.337 e. The second-order valence-corrected chi connectivity index (χ2v) is 19.1. The third-order valence-corrected chi connectivity index (χ3v) is 13.0.